The van der Waals surface area contributed by atoms with Crippen molar-refractivity contribution in [2.45, 2.75) is 32.2 Å². The summed E-state index contributed by atoms with van der Waals surface area (Å²) in [6.07, 6.45) is 7.00. The molecular weight excluding hydrogens is 461 g/mol. The summed E-state index contributed by atoms with van der Waals surface area (Å²) in [6.45, 7) is 6.80. The van der Waals surface area contributed by atoms with Crippen molar-refractivity contribution in [3.05, 3.63) is 72.0 Å². The Balaban J connectivity index is 1.52. The molecule has 4 heterocycles. The number of amides is 2. The topological polar surface area (TPSA) is 99.3 Å². The van der Waals surface area contributed by atoms with Gasteiger partial charge in [-0.15, -0.1) is 0 Å². The number of anilines is 2. The lowest BCUT2D eigenvalue weighted by molar-refractivity contribution is -0.127. The zero-order chi connectivity index (χ0) is 25.2. The standard InChI is InChI=1S/C27H28FN5O3/c1-3-23(34)33-13-5-6-17(33)15-36-22-14-29-11-9-18(22)25-26(24-21(32-25)10-12-30-27(24)35)31-20-8-4-7-19(28)16(20)2/h3-4,7-9,11,14,17,31-32H,1,5-6,10,12-13,15H2,2H3,(H,30,35). The Morgan fingerprint density at radius 2 is 2.25 bits per heavy atom. The molecule has 0 spiro atoms. The Hall–Kier alpha value is -4.14. The zero-order valence-corrected chi connectivity index (χ0v) is 20.1. The maximum atomic E-state index is 14.3. The quantitative estimate of drug-likeness (QED) is 0.434. The predicted molar refractivity (Wildman–Crippen MR) is 135 cm³/mol. The van der Waals surface area contributed by atoms with E-state index in [9.17, 15) is 14.0 Å². The number of benzene rings is 1. The third-order valence-electron chi connectivity index (χ3n) is 6.81. The van der Waals surface area contributed by atoms with Crippen LogP contribution < -0.4 is 15.4 Å². The number of nitrogens with one attached hydrogen (secondary N) is 3. The van der Waals surface area contributed by atoms with Gasteiger partial charge in [-0.2, -0.15) is 0 Å². The van der Waals surface area contributed by atoms with Gasteiger partial charge in [0.25, 0.3) is 5.91 Å². The van der Waals surface area contributed by atoms with Crippen molar-refractivity contribution in [3.63, 3.8) is 0 Å². The highest BCUT2D eigenvalue weighted by molar-refractivity contribution is 6.06. The normalized spacial score (nSPS) is 16.9. The summed E-state index contributed by atoms with van der Waals surface area (Å²) < 4.78 is 20.5. The molecule has 186 valence electrons. The zero-order valence-electron chi connectivity index (χ0n) is 20.1. The van der Waals surface area contributed by atoms with Gasteiger partial charge in [0.1, 0.15) is 18.2 Å². The van der Waals surface area contributed by atoms with E-state index >= 15 is 0 Å². The average Bonchev–Trinajstić information content (AvgIpc) is 3.51. The molecule has 3 aromatic rings. The molecule has 1 saturated heterocycles. The predicted octanol–water partition coefficient (Wildman–Crippen LogP) is 4.11. The Morgan fingerprint density at radius 1 is 1.39 bits per heavy atom. The van der Waals surface area contributed by atoms with E-state index < -0.39 is 0 Å². The van der Waals surface area contributed by atoms with Crippen molar-refractivity contribution in [2.75, 3.05) is 25.0 Å². The minimum atomic E-state index is -0.335. The number of carbonyl (C=O) groups is 2. The molecule has 2 aliphatic rings. The van der Waals surface area contributed by atoms with Crippen LogP contribution in [0.5, 0.6) is 5.75 Å². The third kappa shape index (κ3) is 4.32. The van der Waals surface area contributed by atoms with Crippen LogP contribution in [-0.4, -0.2) is 52.4 Å². The lowest BCUT2D eigenvalue weighted by atomic mass is 10.0. The molecule has 0 saturated carbocycles. The molecule has 1 fully saturated rings. The molecule has 2 amide bonds. The number of ether oxygens (including phenoxy) is 1. The van der Waals surface area contributed by atoms with E-state index in [2.05, 4.69) is 27.2 Å². The maximum absolute atomic E-state index is 14.3. The Labute approximate surface area is 208 Å². The smallest absolute Gasteiger partial charge is 0.255 e. The van der Waals surface area contributed by atoms with Gasteiger partial charge < -0.3 is 25.3 Å². The third-order valence-corrected chi connectivity index (χ3v) is 6.81. The van der Waals surface area contributed by atoms with Gasteiger partial charge in [0, 0.05) is 48.2 Å². The first-order valence-electron chi connectivity index (χ1n) is 12.0. The summed E-state index contributed by atoms with van der Waals surface area (Å²) >= 11 is 0. The molecule has 0 radical (unpaired) electrons. The molecule has 9 heteroatoms. The van der Waals surface area contributed by atoms with E-state index in [0.29, 0.717) is 65.6 Å². The molecule has 0 bridgehead atoms. The van der Waals surface area contributed by atoms with Crippen molar-refractivity contribution in [1.29, 1.82) is 0 Å². The number of carbonyl (C=O) groups excluding carboxylic acids is 2. The van der Waals surface area contributed by atoms with Crippen molar-refractivity contribution in [1.82, 2.24) is 20.2 Å². The Kier molecular flexibility index (Phi) is 6.45. The van der Waals surface area contributed by atoms with Gasteiger partial charge in [-0.3, -0.25) is 14.6 Å². The monoisotopic (exact) mass is 489 g/mol. The molecule has 1 aromatic carbocycles. The fraction of sp³-hybridized carbons (Fsp3) is 0.296. The second-order valence-electron chi connectivity index (χ2n) is 8.99. The molecule has 1 atom stereocenters. The molecule has 8 nitrogen and oxygen atoms in total. The first kappa shape index (κ1) is 23.6. The van der Waals surface area contributed by atoms with Crippen LogP contribution in [0.25, 0.3) is 11.3 Å². The van der Waals surface area contributed by atoms with Gasteiger partial charge in [-0.1, -0.05) is 12.6 Å². The van der Waals surface area contributed by atoms with Gasteiger partial charge in [0.2, 0.25) is 5.91 Å². The molecule has 0 aliphatic carbocycles. The number of aromatic nitrogens is 2. The van der Waals surface area contributed by atoms with Crippen molar-refractivity contribution >= 4 is 23.2 Å². The molecule has 2 aromatic heterocycles. The van der Waals surface area contributed by atoms with Gasteiger partial charge >= 0.3 is 0 Å². The summed E-state index contributed by atoms with van der Waals surface area (Å²) in [6, 6.07) is 6.56. The minimum Gasteiger partial charge on any atom is -0.489 e. The largest absolute Gasteiger partial charge is 0.489 e. The molecule has 1 unspecified atom stereocenters. The second kappa shape index (κ2) is 9.85. The van der Waals surface area contributed by atoms with Crippen LogP contribution in [0.15, 0.2) is 49.3 Å². The molecule has 3 N–H and O–H groups in total. The number of hydrogen-bond acceptors (Lipinski definition) is 5. The Bertz CT molecular complexity index is 1330. The highest BCUT2D eigenvalue weighted by Gasteiger charge is 2.30. The number of nitrogens with zero attached hydrogens (tertiary/aromatic N) is 2. The van der Waals surface area contributed by atoms with Crippen molar-refractivity contribution < 1.29 is 18.7 Å². The molecule has 2 aliphatic heterocycles. The van der Waals surface area contributed by atoms with Crippen LogP contribution >= 0.6 is 0 Å². The van der Waals surface area contributed by atoms with E-state index in [1.54, 1.807) is 36.4 Å². The van der Waals surface area contributed by atoms with E-state index in [1.807, 2.05) is 6.07 Å². The SMILES string of the molecule is C=CC(=O)N1CCCC1COc1cnccc1-c1[nH]c2c(c1Nc1cccc(F)c1C)C(=O)NCC2. The van der Waals surface area contributed by atoms with Crippen molar-refractivity contribution in [2.24, 2.45) is 0 Å². The molecule has 36 heavy (non-hydrogen) atoms. The number of halogens is 1. The van der Waals surface area contributed by atoms with Gasteiger partial charge in [-0.05, 0) is 44.0 Å². The minimum absolute atomic E-state index is 0.0567. The van der Waals surface area contributed by atoms with Gasteiger partial charge in [0.15, 0.2) is 0 Å². The number of pyridine rings is 1. The molecular formula is C27H28FN5O3. The summed E-state index contributed by atoms with van der Waals surface area (Å²) in [5, 5.41) is 6.19. The number of fused-ring (bicyclic) bond motifs is 1. The van der Waals surface area contributed by atoms with Crippen LogP contribution in [0.2, 0.25) is 0 Å². The highest BCUT2D eigenvalue weighted by atomic mass is 19.1. The fourth-order valence-electron chi connectivity index (χ4n) is 4.89. The highest BCUT2D eigenvalue weighted by Crippen LogP contribution is 2.41. The van der Waals surface area contributed by atoms with Crippen LogP contribution in [0.4, 0.5) is 15.8 Å². The van der Waals surface area contributed by atoms with Crippen LogP contribution in [0.3, 0.4) is 0 Å². The second-order valence-corrected chi connectivity index (χ2v) is 8.99. The van der Waals surface area contributed by atoms with E-state index in [0.717, 1.165) is 18.5 Å². The fourth-order valence-corrected chi connectivity index (χ4v) is 4.89. The lowest BCUT2D eigenvalue weighted by Gasteiger charge is -2.24. The van der Waals surface area contributed by atoms with E-state index in [1.165, 1.54) is 12.1 Å². The first-order valence-corrected chi connectivity index (χ1v) is 12.0. The molecule has 5 rings (SSSR count). The van der Waals surface area contributed by atoms with Crippen molar-refractivity contribution in [3.8, 4) is 17.0 Å². The first-order chi connectivity index (χ1) is 17.5. The summed E-state index contributed by atoms with van der Waals surface area (Å²) in [5.74, 6) is -0.115. The lowest BCUT2D eigenvalue weighted by Crippen LogP contribution is -2.38. The van der Waals surface area contributed by atoms with Crippen LogP contribution in [0, 0.1) is 12.7 Å². The summed E-state index contributed by atoms with van der Waals surface area (Å²) in [5.41, 5.74) is 4.24. The van der Waals surface area contributed by atoms with Gasteiger partial charge in [-0.25, -0.2) is 4.39 Å². The maximum Gasteiger partial charge on any atom is 0.255 e. The number of H-pyrrole nitrogens is 1. The number of likely N-dealkylation sites (tertiary alicyclic amines) is 1. The number of hydrogen-bond donors (Lipinski definition) is 3. The Morgan fingerprint density at radius 3 is 3.08 bits per heavy atom. The van der Waals surface area contributed by atoms with E-state index in [-0.39, 0.29) is 23.7 Å². The average molecular weight is 490 g/mol. The number of aromatic amines is 1. The number of rotatable bonds is 7. The van der Waals surface area contributed by atoms with E-state index in [4.69, 9.17) is 4.74 Å². The summed E-state index contributed by atoms with van der Waals surface area (Å²) in [4.78, 5) is 34.5. The summed E-state index contributed by atoms with van der Waals surface area (Å²) in [7, 11) is 0. The van der Waals surface area contributed by atoms with Crippen LogP contribution in [0.1, 0.15) is 34.5 Å². The van der Waals surface area contributed by atoms with Crippen LogP contribution in [-0.2, 0) is 11.2 Å². The van der Waals surface area contributed by atoms with Gasteiger partial charge in [0.05, 0.1) is 29.2 Å².